The van der Waals surface area contributed by atoms with E-state index < -0.39 is 0 Å². The van der Waals surface area contributed by atoms with Crippen molar-refractivity contribution in [3.8, 4) is 0 Å². The molecule has 1 saturated heterocycles. The zero-order valence-corrected chi connectivity index (χ0v) is 11.2. The van der Waals surface area contributed by atoms with Crippen molar-refractivity contribution in [2.75, 3.05) is 19.8 Å². The van der Waals surface area contributed by atoms with Gasteiger partial charge in [0.2, 0.25) is 0 Å². The number of aromatic nitrogens is 2. The largest absolute Gasteiger partial charge is 0.373 e. The molecular weight excluding hydrogens is 232 g/mol. The zero-order chi connectivity index (χ0) is 12.8. The van der Waals surface area contributed by atoms with Gasteiger partial charge in [-0.05, 0) is 32.3 Å². The average molecular weight is 254 g/mol. The van der Waals surface area contributed by atoms with Gasteiger partial charge in [0.25, 0.3) is 0 Å². The first-order chi connectivity index (χ1) is 8.75. The number of ether oxygens (including phenoxy) is 3. The Labute approximate surface area is 108 Å². The molecule has 0 saturated carbocycles. The Kier molecular flexibility index (Phi) is 5.16. The quantitative estimate of drug-likeness (QED) is 0.726. The fraction of sp³-hybridized carbons (Fsp3) is 0.769. The van der Waals surface area contributed by atoms with Crippen LogP contribution in [-0.4, -0.2) is 35.9 Å². The minimum absolute atomic E-state index is 0.0283. The standard InChI is InChI=1S/C13H22N2O3/c1-11-9-12(14-15(11)2)10-16-7-8-18-13-5-3-4-6-17-13/h9,13H,3-8,10H2,1-2H3. The van der Waals surface area contributed by atoms with Gasteiger partial charge in [-0.2, -0.15) is 5.10 Å². The average Bonchev–Trinajstić information content (AvgIpc) is 2.70. The van der Waals surface area contributed by atoms with Crippen molar-refractivity contribution in [1.82, 2.24) is 9.78 Å². The van der Waals surface area contributed by atoms with Gasteiger partial charge >= 0.3 is 0 Å². The summed E-state index contributed by atoms with van der Waals surface area (Å²) in [6.07, 6.45) is 3.31. The van der Waals surface area contributed by atoms with E-state index in [-0.39, 0.29) is 6.29 Å². The van der Waals surface area contributed by atoms with Crippen LogP contribution >= 0.6 is 0 Å². The molecule has 1 atom stereocenters. The van der Waals surface area contributed by atoms with Crippen molar-refractivity contribution in [2.24, 2.45) is 7.05 Å². The molecule has 5 nitrogen and oxygen atoms in total. The first kappa shape index (κ1) is 13.5. The second-order valence-electron chi connectivity index (χ2n) is 4.62. The monoisotopic (exact) mass is 254 g/mol. The van der Waals surface area contributed by atoms with E-state index in [1.54, 1.807) is 0 Å². The number of rotatable bonds is 6. The smallest absolute Gasteiger partial charge is 0.157 e. The van der Waals surface area contributed by atoms with Crippen LogP contribution in [0.2, 0.25) is 0 Å². The summed E-state index contributed by atoms with van der Waals surface area (Å²) in [6.45, 7) is 4.54. The topological polar surface area (TPSA) is 45.5 Å². The molecule has 1 aliphatic heterocycles. The third kappa shape index (κ3) is 4.08. The van der Waals surface area contributed by atoms with Crippen LogP contribution in [0.1, 0.15) is 30.7 Å². The van der Waals surface area contributed by atoms with Gasteiger partial charge in [-0.1, -0.05) is 0 Å². The maximum atomic E-state index is 5.58. The molecule has 0 amide bonds. The molecular formula is C13H22N2O3. The zero-order valence-electron chi connectivity index (χ0n) is 11.2. The molecule has 102 valence electrons. The van der Waals surface area contributed by atoms with E-state index in [1.165, 1.54) is 6.42 Å². The van der Waals surface area contributed by atoms with Gasteiger partial charge in [0.05, 0.1) is 25.5 Å². The van der Waals surface area contributed by atoms with Crippen molar-refractivity contribution in [2.45, 2.75) is 39.1 Å². The summed E-state index contributed by atoms with van der Waals surface area (Å²) in [4.78, 5) is 0. The lowest BCUT2D eigenvalue weighted by Gasteiger charge is -2.22. The highest BCUT2D eigenvalue weighted by Gasteiger charge is 2.13. The number of hydrogen-bond donors (Lipinski definition) is 0. The molecule has 1 aromatic rings. The van der Waals surface area contributed by atoms with Gasteiger partial charge in [-0.3, -0.25) is 4.68 Å². The highest BCUT2D eigenvalue weighted by Crippen LogP contribution is 2.13. The second kappa shape index (κ2) is 6.87. The minimum Gasteiger partial charge on any atom is -0.373 e. The fourth-order valence-corrected chi connectivity index (χ4v) is 1.96. The van der Waals surface area contributed by atoms with Gasteiger partial charge in [0, 0.05) is 19.3 Å². The third-order valence-electron chi connectivity index (χ3n) is 3.08. The van der Waals surface area contributed by atoms with Crippen LogP contribution in [0.15, 0.2) is 6.07 Å². The van der Waals surface area contributed by atoms with Gasteiger partial charge in [0.1, 0.15) is 0 Å². The van der Waals surface area contributed by atoms with Crippen LogP contribution in [0.3, 0.4) is 0 Å². The maximum absolute atomic E-state index is 5.58. The molecule has 2 rings (SSSR count). The molecule has 1 fully saturated rings. The Hall–Kier alpha value is -0.910. The van der Waals surface area contributed by atoms with Crippen molar-refractivity contribution >= 4 is 0 Å². The molecule has 0 bridgehead atoms. The van der Waals surface area contributed by atoms with E-state index in [1.807, 2.05) is 24.7 Å². The summed E-state index contributed by atoms with van der Waals surface area (Å²) >= 11 is 0. The van der Waals surface area contributed by atoms with Crippen LogP contribution < -0.4 is 0 Å². The SMILES string of the molecule is Cc1cc(COCCOC2CCCCO2)nn1C. The Balaban J connectivity index is 1.55. The summed E-state index contributed by atoms with van der Waals surface area (Å²) in [5.41, 5.74) is 2.10. The van der Waals surface area contributed by atoms with E-state index in [4.69, 9.17) is 14.2 Å². The highest BCUT2D eigenvalue weighted by molar-refractivity contribution is 5.07. The van der Waals surface area contributed by atoms with Crippen molar-refractivity contribution in [1.29, 1.82) is 0 Å². The Bertz CT molecular complexity index is 340. The predicted molar refractivity (Wildman–Crippen MR) is 67.1 cm³/mol. The lowest BCUT2D eigenvalue weighted by atomic mass is 10.2. The summed E-state index contributed by atoms with van der Waals surface area (Å²) in [5.74, 6) is 0. The van der Waals surface area contributed by atoms with Crippen molar-refractivity contribution in [3.63, 3.8) is 0 Å². The number of aryl methyl sites for hydroxylation is 2. The van der Waals surface area contributed by atoms with E-state index in [2.05, 4.69) is 5.10 Å². The van der Waals surface area contributed by atoms with Crippen molar-refractivity contribution in [3.05, 3.63) is 17.5 Å². The normalized spacial score (nSPS) is 20.2. The molecule has 0 N–H and O–H groups in total. The van der Waals surface area contributed by atoms with E-state index in [9.17, 15) is 0 Å². The molecule has 2 heterocycles. The van der Waals surface area contributed by atoms with Gasteiger partial charge < -0.3 is 14.2 Å². The molecule has 0 aliphatic carbocycles. The molecule has 1 aliphatic rings. The maximum Gasteiger partial charge on any atom is 0.157 e. The van der Waals surface area contributed by atoms with Crippen LogP contribution in [0.25, 0.3) is 0 Å². The summed E-state index contributed by atoms with van der Waals surface area (Å²) in [7, 11) is 1.93. The molecule has 0 spiro atoms. The third-order valence-corrected chi connectivity index (χ3v) is 3.08. The predicted octanol–water partition coefficient (Wildman–Crippen LogP) is 1.79. The van der Waals surface area contributed by atoms with E-state index in [0.717, 1.165) is 30.8 Å². The fourth-order valence-electron chi connectivity index (χ4n) is 1.96. The Morgan fingerprint density at radius 1 is 1.44 bits per heavy atom. The highest BCUT2D eigenvalue weighted by atomic mass is 16.7. The Morgan fingerprint density at radius 3 is 3.00 bits per heavy atom. The lowest BCUT2D eigenvalue weighted by molar-refractivity contribution is -0.169. The van der Waals surface area contributed by atoms with Crippen LogP contribution in [0.4, 0.5) is 0 Å². The van der Waals surface area contributed by atoms with Crippen molar-refractivity contribution < 1.29 is 14.2 Å². The van der Waals surface area contributed by atoms with E-state index >= 15 is 0 Å². The first-order valence-electron chi connectivity index (χ1n) is 6.56. The molecule has 0 radical (unpaired) electrons. The summed E-state index contributed by atoms with van der Waals surface area (Å²) in [5, 5.41) is 4.32. The van der Waals surface area contributed by atoms with Crippen LogP contribution in [0.5, 0.6) is 0 Å². The van der Waals surface area contributed by atoms with E-state index in [0.29, 0.717) is 19.8 Å². The minimum atomic E-state index is -0.0283. The van der Waals surface area contributed by atoms with Gasteiger partial charge in [-0.15, -0.1) is 0 Å². The lowest BCUT2D eigenvalue weighted by Crippen LogP contribution is -2.23. The molecule has 5 heteroatoms. The Morgan fingerprint density at radius 2 is 2.33 bits per heavy atom. The van der Waals surface area contributed by atoms with Gasteiger partial charge in [-0.25, -0.2) is 0 Å². The summed E-state index contributed by atoms with van der Waals surface area (Å²) in [6, 6.07) is 2.03. The van der Waals surface area contributed by atoms with Gasteiger partial charge in [0.15, 0.2) is 6.29 Å². The number of nitrogens with zero attached hydrogens (tertiary/aromatic N) is 2. The van der Waals surface area contributed by atoms with Crippen LogP contribution in [0, 0.1) is 6.92 Å². The van der Waals surface area contributed by atoms with Crippen LogP contribution in [-0.2, 0) is 27.9 Å². The number of hydrogen-bond acceptors (Lipinski definition) is 4. The first-order valence-corrected chi connectivity index (χ1v) is 6.56. The summed E-state index contributed by atoms with van der Waals surface area (Å²) < 4.78 is 18.4. The second-order valence-corrected chi connectivity index (χ2v) is 4.62. The molecule has 1 aromatic heterocycles. The molecule has 18 heavy (non-hydrogen) atoms. The molecule has 1 unspecified atom stereocenters. The molecule has 0 aromatic carbocycles.